The average molecular weight is 1820 g/mol. The van der Waals surface area contributed by atoms with Crippen molar-refractivity contribution in [1.82, 2.24) is 24.3 Å². The highest BCUT2D eigenvalue weighted by Gasteiger charge is 2.52. The van der Waals surface area contributed by atoms with Gasteiger partial charge >= 0.3 is 19.3 Å². The largest absolute Gasteiger partial charge is 0.496 e. The van der Waals surface area contributed by atoms with E-state index in [1.165, 1.54) is 94.5 Å². The van der Waals surface area contributed by atoms with Crippen LogP contribution in [-0.4, -0.2) is 115 Å². The van der Waals surface area contributed by atoms with Crippen molar-refractivity contribution < 1.29 is 76.4 Å². The number of halogens is 7. The van der Waals surface area contributed by atoms with Crippen LogP contribution in [0.1, 0.15) is 166 Å². The third-order valence-corrected chi connectivity index (χ3v) is 25.6. The minimum absolute atomic E-state index is 0.0273. The topological polar surface area (TPSA) is 310 Å². The van der Waals surface area contributed by atoms with E-state index < -0.39 is 94.5 Å². The number of aromatic nitrogens is 3. The maximum atomic E-state index is 13.7. The first-order valence-corrected chi connectivity index (χ1v) is 44.7. The van der Waals surface area contributed by atoms with Gasteiger partial charge in [-0.15, -0.1) is 0 Å². The van der Waals surface area contributed by atoms with Gasteiger partial charge in [-0.3, -0.25) is 29.0 Å². The molecule has 0 saturated carbocycles. The zero-order valence-corrected chi connectivity index (χ0v) is 74.7. The zero-order valence-electron chi connectivity index (χ0n) is 68.4. The lowest BCUT2D eigenvalue weighted by Gasteiger charge is -2.32. The van der Waals surface area contributed by atoms with Gasteiger partial charge in [0.1, 0.15) is 28.7 Å². The Morgan fingerprint density at radius 3 is 1.34 bits per heavy atom. The quantitative estimate of drug-likeness (QED) is 0.0529. The molecular formula is C85H92BBrCl3F3N6O17S3. The van der Waals surface area contributed by atoms with E-state index in [4.69, 9.17) is 58.6 Å². The third kappa shape index (κ3) is 25.4. The van der Waals surface area contributed by atoms with Gasteiger partial charge in [0.15, 0.2) is 41.1 Å². The first kappa shape index (κ1) is 95.2. The van der Waals surface area contributed by atoms with Crippen molar-refractivity contribution in [3.63, 3.8) is 0 Å². The van der Waals surface area contributed by atoms with Crippen LogP contribution in [0.2, 0.25) is 15.1 Å². The molecule has 634 valence electrons. The molecule has 2 N–H and O–H groups in total. The van der Waals surface area contributed by atoms with Crippen molar-refractivity contribution in [2.45, 2.75) is 149 Å². The summed E-state index contributed by atoms with van der Waals surface area (Å²) in [5.74, 6) is -2.88. The van der Waals surface area contributed by atoms with Gasteiger partial charge in [-0.25, -0.2) is 48.0 Å². The molecule has 0 radical (unpaired) electrons. The summed E-state index contributed by atoms with van der Waals surface area (Å²) in [7, 11) is -5.55. The van der Waals surface area contributed by atoms with Crippen LogP contribution < -0.4 is 32.8 Å². The predicted octanol–water partition coefficient (Wildman–Crippen LogP) is 15.3. The molecule has 1 saturated heterocycles. The fraction of sp³-hybridized carbons (Fsp3) is 0.341. The van der Waals surface area contributed by atoms with Crippen molar-refractivity contribution in [2.75, 3.05) is 17.3 Å². The molecule has 3 aromatic heterocycles. The number of benzene rings is 6. The van der Waals surface area contributed by atoms with E-state index in [0.29, 0.717) is 65.7 Å². The van der Waals surface area contributed by atoms with Crippen molar-refractivity contribution in [3.05, 3.63) is 281 Å². The first-order valence-electron chi connectivity index (χ1n) is 37.3. The summed E-state index contributed by atoms with van der Waals surface area (Å²) in [6, 6.07) is 30.1. The number of sulfone groups is 3. The summed E-state index contributed by atoms with van der Waals surface area (Å²) in [5, 5.41) is 5.47. The highest BCUT2D eigenvalue weighted by Crippen LogP contribution is 2.39. The van der Waals surface area contributed by atoms with Gasteiger partial charge in [-0.2, -0.15) is 0 Å². The zero-order chi connectivity index (χ0) is 88.6. The molecule has 23 nitrogen and oxygen atoms in total. The number of fused-ring (bicyclic) bond motifs is 3. The maximum absolute atomic E-state index is 13.7. The predicted molar refractivity (Wildman–Crippen MR) is 462 cm³/mol. The van der Waals surface area contributed by atoms with Gasteiger partial charge in [-0.1, -0.05) is 102 Å². The highest BCUT2D eigenvalue weighted by molar-refractivity contribution is 9.10. The van der Waals surface area contributed by atoms with Crippen molar-refractivity contribution in [3.8, 4) is 22.3 Å². The Bertz CT molecular complexity index is 6010. The number of alkyl carbamates (subject to hydrolysis) is 2. The Hall–Kier alpha value is -9.31. The van der Waals surface area contributed by atoms with Gasteiger partial charge < -0.3 is 43.1 Å². The molecule has 0 unspecified atom stereocenters. The Labute approximate surface area is 713 Å². The van der Waals surface area contributed by atoms with E-state index in [0.717, 1.165) is 46.5 Å². The molecule has 2 aliphatic heterocycles. The van der Waals surface area contributed by atoms with Gasteiger partial charge in [0.2, 0.25) is 0 Å². The molecule has 6 aromatic carbocycles. The number of amides is 2. The Morgan fingerprint density at radius 2 is 0.874 bits per heavy atom. The van der Waals surface area contributed by atoms with Crippen LogP contribution in [-0.2, 0) is 106 Å². The van der Waals surface area contributed by atoms with Crippen LogP contribution in [0.4, 0.5) is 22.8 Å². The molecule has 1 fully saturated rings. The Balaban J connectivity index is 0.000000201. The molecule has 9 aromatic rings. The smallest absolute Gasteiger partial charge is 0.444 e. The van der Waals surface area contributed by atoms with Gasteiger partial charge in [-0.05, 0) is 193 Å². The fourth-order valence-electron chi connectivity index (χ4n) is 12.0. The fourth-order valence-corrected chi connectivity index (χ4v) is 16.0. The summed E-state index contributed by atoms with van der Waals surface area (Å²) >= 11 is 21.7. The number of aliphatic imine (C=N–C) groups is 1. The number of nitrogens with one attached hydrogen (secondary N) is 2. The van der Waals surface area contributed by atoms with Crippen LogP contribution in [0.25, 0.3) is 22.3 Å². The lowest BCUT2D eigenvalue weighted by Crippen LogP contribution is -2.42. The summed E-state index contributed by atoms with van der Waals surface area (Å²) < 4.78 is 140. The summed E-state index contributed by atoms with van der Waals surface area (Å²) in [6.45, 7) is 23.4. The normalized spacial score (nSPS) is 13.6. The van der Waals surface area contributed by atoms with Gasteiger partial charge in [0, 0.05) is 143 Å². The van der Waals surface area contributed by atoms with Gasteiger partial charge in [0.25, 0.3) is 16.7 Å². The van der Waals surface area contributed by atoms with E-state index in [9.17, 15) is 72.0 Å². The molecule has 2 aliphatic rings. The number of nitrogens with zero attached hydrogens (tertiary/aromatic N) is 4. The second-order valence-electron chi connectivity index (χ2n) is 31.1. The molecule has 0 bridgehead atoms. The number of rotatable bonds is 20. The lowest BCUT2D eigenvalue weighted by atomic mass is 9.77. The van der Waals surface area contributed by atoms with E-state index in [1.54, 1.807) is 112 Å². The summed E-state index contributed by atoms with van der Waals surface area (Å²) in [4.78, 5) is 91.9. The van der Waals surface area contributed by atoms with Crippen LogP contribution in [0.5, 0.6) is 0 Å². The molecular weight excluding hydrogens is 1730 g/mol. The molecule has 11 rings (SSSR count). The number of hydrogen-bond donors (Lipinski definition) is 2. The number of aryl methyl sites for hydroxylation is 3. The van der Waals surface area contributed by atoms with E-state index in [-0.39, 0.29) is 108 Å². The highest BCUT2D eigenvalue weighted by atomic mass is 79.9. The second-order valence-corrected chi connectivity index (χ2v) is 40.3. The van der Waals surface area contributed by atoms with Crippen molar-refractivity contribution in [1.29, 1.82) is 0 Å². The molecule has 0 aliphatic carbocycles. The third-order valence-electron chi connectivity index (χ3n) is 19.1. The molecule has 0 spiro atoms. The Kier molecular flexibility index (Phi) is 30.9. The van der Waals surface area contributed by atoms with Crippen LogP contribution in [0.15, 0.2) is 170 Å². The monoisotopic (exact) mass is 1820 g/mol. The van der Waals surface area contributed by atoms with E-state index >= 15 is 0 Å². The molecule has 2 amide bonds. The molecule has 119 heavy (non-hydrogen) atoms. The van der Waals surface area contributed by atoms with Crippen LogP contribution in [0, 0.1) is 17.5 Å². The standard InChI is InChI=1S/C28H30ClFN2O6S.C23H20ClFN2O3S.C18H29BN2O5.C16H13BrClFO3S/c1-6-39(36,37)16-17-7-9-20(26(34)21-10-8-19(30)13-24(21)29)22(11-17)23-15-32(5)25(33)12-18(23)14-31-27(35)38-28(2,3)4;1-3-31(29,30)13-14-4-6-17-19(8-14)20-12-27(2)22(28)9-15(20)11-26-23(17)18-7-5-16(25)10-21(18)24;1-16(2,3)24-15(23)20-10-12-9-14(22)21(8)11-13(12)19-25-17(4,5)18(6,7)26-19;1-2-23(21,22)9-10-3-5-12(14(17)7-10)16(20)13-6-4-11(19)8-15(13)18/h7-13,15H,6,14,16H2,1-5H3,(H,31,35);4-10,12H,3,11,13H2,1-2H3;9,11H,10H2,1-8H3,(H,20,23);3-8H,2,9H2,1H3. The van der Waals surface area contributed by atoms with Crippen LogP contribution >= 0.6 is 50.7 Å². The maximum Gasteiger partial charge on any atom is 0.496 e. The lowest BCUT2D eigenvalue weighted by molar-refractivity contribution is 0.00578. The number of carbonyl (C=O) groups excluding carboxylic acids is 4. The van der Waals surface area contributed by atoms with E-state index in [1.807, 2.05) is 39.8 Å². The molecule has 34 heteroatoms. The minimum Gasteiger partial charge on any atom is -0.444 e. The van der Waals surface area contributed by atoms with Gasteiger partial charge in [0.05, 0.1) is 55.8 Å². The number of ether oxygens (including phenoxy) is 2. The van der Waals surface area contributed by atoms with E-state index in [2.05, 4.69) is 26.6 Å². The Morgan fingerprint density at radius 1 is 0.487 bits per heavy atom. The number of ketones is 2. The van der Waals surface area contributed by atoms with Crippen molar-refractivity contribution >= 4 is 122 Å². The number of carbonyl (C=O) groups is 4. The molecule has 0 atom stereocenters. The summed E-state index contributed by atoms with van der Waals surface area (Å²) in [5.41, 5.74) is 5.94. The first-order chi connectivity index (χ1) is 55.2. The molecule has 5 heterocycles. The number of pyridine rings is 3. The number of hydrogen-bond acceptors (Lipinski definition) is 18. The SMILES string of the molecule is CCS(=O)(=O)Cc1ccc(C(=O)c2ccc(F)cc2Cl)c(-c2cn(C)c(=O)cc2CNC(=O)OC(C)(C)C)c1.CCS(=O)(=O)Cc1ccc(C(=O)c2ccc(F)cc2Cl)c(Br)c1.CCS(=O)(=O)Cc1ccc2c(c1)-c1cn(C)c(=O)cc1CN=C2c1ccc(F)cc1Cl.Cn1cc(B2OC(C)(C)C(C)(C)O2)c(CNC(=O)OC(C)(C)C)cc1=O. The second kappa shape index (κ2) is 38.6. The minimum atomic E-state index is -3.41. The summed E-state index contributed by atoms with van der Waals surface area (Å²) in [6.07, 6.45) is 3.69. The average Bonchev–Trinajstić information content (AvgIpc) is 1.69. The van der Waals surface area contributed by atoms with Crippen molar-refractivity contribution in [2.24, 2.45) is 26.1 Å². The van der Waals surface area contributed by atoms with Crippen LogP contribution in [0.3, 0.4) is 0 Å².